The molecule has 0 saturated heterocycles. The molecule has 0 aliphatic rings. The van der Waals surface area contributed by atoms with Crippen LogP contribution < -0.4 is 11.1 Å². The van der Waals surface area contributed by atoms with Crippen molar-refractivity contribution < 1.29 is 0 Å². The molecule has 1 aromatic rings. The van der Waals surface area contributed by atoms with Crippen LogP contribution in [0.5, 0.6) is 0 Å². The van der Waals surface area contributed by atoms with E-state index in [1.807, 2.05) is 19.1 Å². The zero-order valence-electron chi connectivity index (χ0n) is 12.0. The SMILES string of the molecule is C#CC(CC)N=C(N)Nc1ccc(C(C)CC)cc1. The highest BCUT2D eigenvalue weighted by Crippen LogP contribution is 2.20. The lowest BCUT2D eigenvalue weighted by atomic mass is 9.99. The molecule has 3 N–H and O–H groups in total. The van der Waals surface area contributed by atoms with E-state index >= 15 is 0 Å². The van der Waals surface area contributed by atoms with Crippen LogP contribution in [0.15, 0.2) is 29.3 Å². The van der Waals surface area contributed by atoms with E-state index in [-0.39, 0.29) is 6.04 Å². The van der Waals surface area contributed by atoms with Crippen molar-refractivity contribution in [2.24, 2.45) is 10.7 Å². The first kappa shape index (κ1) is 15.1. The molecular weight excluding hydrogens is 234 g/mol. The number of nitrogens with zero attached hydrogens (tertiary/aromatic N) is 1. The summed E-state index contributed by atoms with van der Waals surface area (Å²) >= 11 is 0. The van der Waals surface area contributed by atoms with E-state index in [2.05, 4.69) is 42.2 Å². The van der Waals surface area contributed by atoms with Crippen molar-refractivity contribution in [1.29, 1.82) is 0 Å². The summed E-state index contributed by atoms with van der Waals surface area (Å²) in [6.45, 7) is 6.39. The largest absolute Gasteiger partial charge is 0.370 e. The molecule has 0 heterocycles. The number of nitrogens with two attached hydrogens (primary N) is 1. The number of rotatable bonds is 5. The lowest BCUT2D eigenvalue weighted by Crippen LogP contribution is -2.24. The molecule has 0 radical (unpaired) electrons. The highest BCUT2D eigenvalue weighted by atomic mass is 15.1. The normalized spacial score (nSPS) is 14.5. The van der Waals surface area contributed by atoms with Crippen molar-refractivity contribution >= 4 is 11.6 Å². The molecule has 0 bridgehead atoms. The van der Waals surface area contributed by atoms with Crippen LogP contribution >= 0.6 is 0 Å². The van der Waals surface area contributed by atoms with Gasteiger partial charge >= 0.3 is 0 Å². The van der Waals surface area contributed by atoms with Crippen LogP contribution in [0.25, 0.3) is 0 Å². The van der Waals surface area contributed by atoms with Gasteiger partial charge in [-0.3, -0.25) is 0 Å². The number of hydrogen-bond acceptors (Lipinski definition) is 1. The van der Waals surface area contributed by atoms with Gasteiger partial charge in [0, 0.05) is 5.69 Å². The smallest absolute Gasteiger partial charge is 0.194 e. The second-order valence-corrected chi connectivity index (χ2v) is 4.66. The number of guanidine groups is 1. The van der Waals surface area contributed by atoms with E-state index in [1.165, 1.54) is 5.56 Å². The van der Waals surface area contributed by atoms with Crippen LogP contribution in [0, 0.1) is 12.3 Å². The van der Waals surface area contributed by atoms with Crippen LogP contribution in [0.1, 0.15) is 45.1 Å². The van der Waals surface area contributed by atoms with Crippen molar-refractivity contribution in [3.05, 3.63) is 29.8 Å². The van der Waals surface area contributed by atoms with Crippen LogP contribution in [0.3, 0.4) is 0 Å². The Bertz CT molecular complexity index is 454. The molecular formula is C16H23N3. The Balaban J connectivity index is 2.70. The Morgan fingerprint density at radius 2 is 1.95 bits per heavy atom. The molecule has 0 fully saturated rings. The molecule has 2 unspecified atom stereocenters. The van der Waals surface area contributed by atoms with Crippen molar-refractivity contribution in [2.45, 2.75) is 45.6 Å². The second kappa shape index (κ2) is 7.48. The van der Waals surface area contributed by atoms with Crippen LogP contribution in [-0.4, -0.2) is 12.0 Å². The quantitative estimate of drug-likeness (QED) is 0.483. The fourth-order valence-corrected chi connectivity index (χ4v) is 1.73. The number of benzene rings is 1. The first-order chi connectivity index (χ1) is 9.10. The number of anilines is 1. The summed E-state index contributed by atoms with van der Waals surface area (Å²) in [5.41, 5.74) is 8.09. The predicted octanol–water partition coefficient (Wildman–Crippen LogP) is 3.34. The van der Waals surface area contributed by atoms with Crippen molar-refractivity contribution in [1.82, 2.24) is 0 Å². The third-order valence-electron chi connectivity index (χ3n) is 3.24. The average molecular weight is 257 g/mol. The van der Waals surface area contributed by atoms with Gasteiger partial charge in [-0.15, -0.1) is 6.42 Å². The third-order valence-corrected chi connectivity index (χ3v) is 3.24. The van der Waals surface area contributed by atoms with Crippen molar-refractivity contribution in [2.75, 3.05) is 5.32 Å². The summed E-state index contributed by atoms with van der Waals surface area (Å²) in [7, 11) is 0. The van der Waals surface area contributed by atoms with E-state index < -0.39 is 0 Å². The molecule has 0 aromatic heterocycles. The zero-order chi connectivity index (χ0) is 14.3. The van der Waals surface area contributed by atoms with Crippen molar-refractivity contribution in [3.8, 4) is 12.3 Å². The molecule has 0 amide bonds. The molecule has 0 aliphatic heterocycles. The minimum absolute atomic E-state index is 0.160. The monoisotopic (exact) mass is 257 g/mol. The fourth-order valence-electron chi connectivity index (χ4n) is 1.73. The maximum atomic E-state index is 5.83. The van der Waals surface area contributed by atoms with Gasteiger partial charge in [-0.2, -0.15) is 0 Å². The highest BCUT2D eigenvalue weighted by molar-refractivity contribution is 5.92. The molecule has 1 rings (SSSR count). The lowest BCUT2D eigenvalue weighted by Gasteiger charge is -2.11. The van der Waals surface area contributed by atoms with Crippen LogP contribution in [-0.2, 0) is 0 Å². The topological polar surface area (TPSA) is 50.4 Å². The van der Waals surface area contributed by atoms with E-state index in [9.17, 15) is 0 Å². The van der Waals surface area contributed by atoms with Crippen LogP contribution in [0.2, 0.25) is 0 Å². The van der Waals surface area contributed by atoms with Crippen molar-refractivity contribution in [3.63, 3.8) is 0 Å². The predicted molar refractivity (Wildman–Crippen MR) is 83.3 cm³/mol. The summed E-state index contributed by atoms with van der Waals surface area (Å²) < 4.78 is 0. The molecule has 3 heteroatoms. The summed E-state index contributed by atoms with van der Waals surface area (Å²) in [4.78, 5) is 4.23. The Morgan fingerprint density at radius 3 is 2.42 bits per heavy atom. The lowest BCUT2D eigenvalue weighted by molar-refractivity contribution is 0.734. The Hall–Kier alpha value is -1.95. The van der Waals surface area contributed by atoms with Gasteiger partial charge in [-0.05, 0) is 36.5 Å². The fraction of sp³-hybridized carbons (Fsp3) is 0.438. The van der Waals surface area contributed by atoms with Gasteiger partial charge < -0.3 is 11.1 Å². The molecule has 0 spiro atoms. The molecule has 1 aromatic carbocycles. The number of hydrogen-bond donors (Lipinski definition) is 2. The molecule has 0 aliphatic carbocycles. The summed E-state index contributed by atoms with van der Waals surface area (Å²) in [5, 5.41) is 3.06. The second-order valence-electron chi connectivity index (χ2n) is 4.66. The standard InChI is InChI=1S/C16H23N3/c1-5-12(4)13-8-10-15(11-9-13)19-16(17)18-14(6-2)7-3/h2,8-12,14H,5,7H2,1,3-4H3,(H3,17,18,19). The van der Waals surface area contributed by atoms with E-state index in [1.54, 1.807) is 0 Å². The maximum Gasteiger partial charge on any atom is 0.194 e. The zero-order valence-corrected chi connectivity index (χ0v) is 12.0. The van der Waals surface area contributed by atoms with Gasteiger partial charge in [-0.25, -0.2) is 4.99 Å². The molecule has 3 nitrogen and oxygen atoms in total. The number of nitrogens with one attached hydrogen (secondary N) is 1. The van der Waals surface area contributed by atoms with Gasteiger partial charge in [0.05, 0.1) is 0 Å². The Labute approximate surface area is 116 Å². The molecule has 102 valence electrons. The van der Waals surface area contributed by atoms with Crippen LogP contribution in [0.4, 0.5) is 5.69 Å². The van der Waals surface area contributed by atoms with Gasteiger partial charge in [0.15, 0.2) is 5.96 Å². The first-order valence-electron chi connectivity index (χ1n) is 6.77. The van der Waals surface area contributed by atoms with E-state index in [0.29, 0.717) is 11.9 Å². The van der Waals surface area contributed by atoms with Gasteiger partial charge in [0.25, 0.3) is 0 Å². The minimum atomic E-state index is -0.160. The Morgan fingerprint density at radius 1 is 1.32 bits per heavy atom. The van der Waals surface area contributed by atoms with Gasteiger partial charge in [0.1, 0.15) is 6.04 Å². The molecule has 0 saturated carbocycles. The molecule has 2 atom stereocenters. The van der Waals surface area contributed by atoms with Gasteiger partial charge in [0.2, 0.25) is 0 Å². The summed E-state index contributed by atoms with van der Waals surface area (Å²) in [5.74, 6) is 3.53. The third kappa shape index (κ3) is 4.67. The average Bonchev–Trinajstić information content (AvgIpc) is 2.44. The summed E-state index contributed by atoms with van der Waals surface area (Å²) in [6.07, 6.45) is 7.27. The van der Waals surface area contributed by atoms with Gasteiger partial charge in [-0.1, -0.05) is 38.8 Å². The van der Waals surface area contributed by atoms with E-state index in [4.69, 9.17) is 12.2 Å². The minimum Gasteiger partial charge on any atom is -0.370 e. The summed E-state index contributed by atoms with van der Waals surface area (Å²) in [6, 6.07) is 8.10. The molecule has 19 heavy (non-hydrogen) atoms. The number of terminal acetylenes is 1. The first-order valence-corrected chi connectivity index (χ1v) is 6.77. The highest BCUT2D eigenvalue weighted by Gasteiger charge is 2.04. The number of aliphatic imine (C=N–C) groups is 1. The Kier molecular flexibility index (Phi) is 5.95. The maximum absolute atomic E-state index is 5.83. The van der Waals surface area contributed by atoms with E-state index in [0.717, 1.165) is 18.5 Å².